The van der Waals surface area contributed by atoms with Crippen LogP contribution in [0, 0.1) is 12.3 Å². The average molecular weight is 761 g/mol. The third-order valence-corrected chi connectivity index (χ3v) is 6.13. The first-order valence-electron chi connectivity index (χ1n) is 14.1. The minimum atomic E-state index is -5.08. The van der Waals surface area contributed by atoms with Crippen LogP contribution < -0.4 is 21.7 Å². The van der Waals surface area contributed by atoms with Gasteiger partial charge in [-0.25, -0.2) is 24.4 Å². The van der Waals surface area contributed by atoms with Gasteiger partial charge in [0.15, 0.2) is 5.96 Å². The number of carbonyl (C=O) groups excluding carboxylic acids is 1. The van der Waals surface area contributed by atoms with Gasteiger partial charge in [-0.05, 0) is 44.0 Å². The van der Waals surface area contributed by atoms with E-state index in [4.69, 9.17) is 40.8 Å². The molecule has 1 aliphatic rings. The third kappa shape index (κ3) is 15.7. The van der Waals surface area contributed by atoms with Crippen LogP contribution in [-0.4, -0.2) is 90.7 Å². The van der Waals surface area contributed by atoms with Crippen molar-refractivity contribution in [1.29, 1.82) is 5.41 Å². The highest BCUT2D eigenvalue weighted by atomic mass is 19.4. The van der Waals surface area contributed by atoms with Gasteiger partial charge in [-0.2, -0.15) is 39.5 Å². The lowest BCUT2D eigenvalue weighted by Crippen LogP contribution is -2.50. The molecule has 0 bridgehead atoms. The van der Waals surface area contributed by atoms with Crippen LogP contribution in [0.5, 0.6) is 0 Å². The van der Waals surface area contributed by atoms with Gasteiger partial charge in [-0.3, -0.25) is 15.2 Å². The zero-order valence-corrected chi connectivity index (χ0v) is 26.3. The number of aryl methyl sites for hydroxylation is 1. The van der Waals surface area contributed by atoms with Gasteiger partial charge in [0.2, 0.25) is 5.82 Å². The van der Waals surface area contributed by atoms with Crippen molar-refractivity contribution in [1.82, 2.24) is 20.3 Å². The lowest BCUT2D eigenvalue weighted by molar-refractivity contribution is -0.193. The Morgan fingerprint density at radius 2 is 1.33 bits per heavy atom. The molecule has 9 N–H and O–H groups in total. The van der Waals surface area contributed by atoms with E-state index in [1.165, 1.54) is 0 Å². The number of fused-ring (bicyclic) bond motifs is 1. The Hall–Kier alpha value is -5.97. The predicted molar refractivity (Wildman–Crippen MR) is 162 cm³/mol. The number of alkyl halides is 9. The summed E-state index contributed by atoms with van der Waals surface area (Å²) in [5, 5.41) is 39.2. The van der Waals surface area contributed by atoms with Gasteiger partial charge >= 0.3 is 36.4 Å². The second-order valence-corrected chi connectivity index (χ2v) is 10.2. The second kappa shape index (κ2) is 18.9. The summed E-state index contributed by atoms with van der Waals surface area (Å²) in [6.45, 7) is 2.01. The number of hydrogen-bond acceptors (Lipinski definition) is 9. The van der Waals surface area contributed by atoms with E-state index >= 15 is 0 Å². The molecule has 1 saturated carbocycles. The van der Waals surface area contributed by atoms with Gasteiger partial charge in [0, 0.05) is 23.7 Å². The highest BCUT2D eigenvalue weighted by molar-refractivity contribution is 6.03. The molecular weight excluding hydrogens is 731 g/mol. The van der Waals surface area contributed by atoms with Crippen molar-refractivity contribution in [2.24, 2.45) is 5.73 Å². The maximum Gasteiger partial charge on any atom is 0.490 e. The van der Waals surface area contributed by atoms with Crippen molar-refractivity contribution in [3.8, 4) is 0 Å². The third-order valence-electron chi connectivity index (χ3n) is 6.13. The van der Waals surface area contributed by atoms with E-state index in [9.17, 15) is 44.3 Å². The molecule has 1 aromatic carbocycles. The van der Waals surface area contributed by atoms with Crippen LogP contribution in [0.4, 0.5) is 51.0 Å². The fourth-order valence-electron chi connectivity index (χ4n) is 3.93. The summed E-state index contributed by atoms with van der Waals surface area (Å²) in [5.74, 6) is -8.03. The number of carboxylic acid groups (broad SMARTS) is 3. The van der Waals surface area contributed by atoms with E-state index in [2.05, 4.69) is 30.9 Å². The second-order valence-electron chi connectivity index (χ2n) is 10.2. The molecule has 52 heavy (non-hydrogen) atoms. The van der Waals surface area contributed by atoms with Crippen LogP contribution in [0.25, 0.3) is 10.9 Å². The summed E-state index contributed by atoms with van der Waals surface area (Å²) in [4.78, 5) is 52.6. The molecule has 2 unspecified atom stereocenters. The molecule has 2 heterocycles. The maximum atomic E-state index is 12.8. The Bertz CT molecular complexity index is 1650. The minimum Gasteiger partial charge on any atom is -0.475 e. The number of rotatable bonds is 5. The van der Waals surface area contributed by atoms with Crippen molar-refractivity contribution in [3.63, 3.8) is 0 Å². The number of nitrogens with zero attached hydrogens (tertiary/aromatic N) is 3. The molecule has 15 nitrogen and oxygen atoms in total. The number of aliphatic carboxylic acids is 3. The number of anilines is 2. The topological polar surface area (TPSA) is 254 Å². The van der Waals surface area contributed by atoms with Gasteiger partial charge in [0.25, 0.3) is 5.91 Å². The quantitative estimate of drug-likeness (QED) is 0.0999. The van der Waals surface area contributed by atoms with Crippen LogP contribution in [0.2, 0.25) is 0 Å². The number of halogens is 9. The number of hydrogen-bond donors (Lipinski definition) is 8. The lowest BCUT2D eigenvalue weighted by atomic mass is 9.90. The smallest absolute Gasteiger partial charge is 0.475 e. The van der Waals surface area contributed by atoms with Gasteiger partial charge in [0.1, 0.15) is 5.82 Å². The number of guanidine groups is 1. The normalized spacial score (nSPS) is 15.5. The van der Waals surface area contributed by atoms with Crippen molar-refractivity contribution >= 4 is 52.2 Å². The van der Waals surface area contributed by atoms with E-state index in [0.717, 1.165) is 36.6 Å². The number of amides is 1. The SMILES string of the molecule is Cc1ccc2nc(C(=O)Nc3cccnc3)nc(NC3CCCCC3NC(=N)N)c2c1.O=C(O)C(F)(F)F.O=C(O)C(F)(F)F.O=C(O)C(F)(F)F. The Balaban J connectivity index is 0.000000525. The number of nitrogens with two attached hydrogens (primary N) is 1. The van der Waals surface area contributed by atoms with Crippen molar-refractivity contribution < 1.29 is 74.0 Å². The highest BCUT2D eigenvalue weighted by Crippen LogP contribution is 2.27. The van der Waals surface area contributed by atoms with Crippen LogP contribution in [-0.2, 0) is 14.4 Å². The van der Waals surface area contributed by atoms with Gasteiger partial charge < -0.3 is 37.0 Å². The summed E-state index contributed by atoms with van der Waals surface area (Å²) in [7, 11) is 0. The molecule has 0 spiro atoms. The molecule has 1 aliphatic carbocycles. The number of carbonyl (C=O) groups is 4. The highest BCUT2D eigenvalue weighted by Gasteiger charge is 2.39. The van der Waals surface area contributed by atoms with Crippen LogP contribution in [0.15, 0.2) is 42.7 Å². The van der Waals surface area contributed by atoms with Gasteiger partial charge in [0.05, 0.1) is 17.4 Å². The zero-order chi connectivity index (χ0) is 40.0. The number of pyridine rings is 1. The molecule has 2 aromatic heterocycles. The van der Waals surface area contributed by atoms with Gasteiger partial charge in [-0.15, -0.1) is 0 Å². The first-order chi connectivity index (χ1) is 23.8. The van der Waals surface area contributed by atoms with Crippen LogP contribution >= 0.6 is 0 Å². The first kappa shape index (κ1) is 44.1. The molecular formula is C28H29F9N8O7. The molecule has 3 aromatic rings. The van der Waals surface area contributed by atoms with Gasteiger partial charge in [-0.1, -0.05) is 24.5 Å². The minimum absolute atomic E-state index is 0.0220. The van der Waals surface area contributed by atoms with Crippen molar-refractivity contribution in [2.45, 2.75) is 63.2 Å². The molecule has 1 fully saturated rings. The molecule has 2 atom stereocenters. The van der Waals surface area contributed by atoms with E-state index in [0.29, 0.717) is 17.0 Å². The molecule has 286 valence electrons. The first-order valence-corrected chi connectivity index (χ1v) is 14.1. The molecule has 0 aliphatic heterocycles. The van der Waals surface area contributed by atoms with E-state index in [-0.39, 0.29) is 23.9 Å². The number of nitrogens with one attached hydrogen (secondary N) is 4. The molecule has 0 radical (unpaired) electrons. The van der Waals surface area contributed by atoms with E-state index in [1.54, 1.807) is 24.5 Å². The number of benzene rings is 1. The Morgan fingerprint density at radius 1 is 0.827 bits per heavy atom. The summed E-state index contributed by atoms with van der Waals surface area (Å²) in [5.41, 5.74) is 7.93. The lowest BCUT2D eigenvalue weighted by Gasteiger charge is -2.33. The van der Waals surface area contributed by atoms with Crippen molar-refractivity contribution in [3.05, 3.63) is 54.1 Å². The standard InChI is InChI=1S/C22H26N8O.3C2HF3O2/c1-13-8-9-16-15(11-13)19(28-17-6-2-3-7-18(17)29-22(23)24)30-20(27-16)21(31)26-14-5-4-10-25-12-14;3*3-2(4,5)1(6)7/h4-5,8-12,17-18H,2-3,6-7H2,1H3,(H,26,31)(H4,23,24,29)(H,27,28,30);3*(H,6,7). The van der Waals surface area contributed by atoms with Crippen LogP contribution in [0.1, 0.15) is 41.9 Å². The summed E-state index contributed by atoms with van der Waals surface area (Å²) < 4.78 is 95.2. The Kier molecular flexibility index (Phi) is 16.0. The molecule has 1 amide bonds. The van der Waals surface area contributed by atoms with E-state index < -0.39 is 42.3 Å². The van der Waals surface area contributed by atoms with Crippen molar-refractivity contribution in [2.75, 3.05) is 10.6 Å². The summed E-state index contributed by atoms with van der Waals surface area (Å²) >= 11 is 0. The fraction of sp³-hybridized carbons (Fsp3) is 0.357. The predicted octanol–water partition coefficient (Wildman–Crippen LogP) is 4.69. The Morgan fingerprint density at radius 3 is 1.77 bits per heavy atom. The molecule has 0 saturated heterocycles. The zero-order valence-electron chi connectivity index (χ0n) is 26.3. The summed E-state index contributed by atoms with van der Waals surface area (Å²) in [6.07, 6.45) is -8.06. The fourth-order valence-corrected chi connectivity index (χ4v) is 3.93. The number of carboxylic acids is 3. The average Bonchev–Trinajstić information content (AvgIpc) is 3.02. The monoisotopic (exact) mass is 760 g/mol. The molecule has 4 rings (SSSR count). The largest absolute Gasteiger partial charge is 0.490 e. The number of aromatic nitrogens is 3. The summed E-state index contributed by atoms with van der Waals surface area (Å²) in [6, 6.07) is 9.43. The van der Waals surface area contributed by atoms with Crippen LogP contribution in [0.3, 0.4) is 0 Å². The maximum absolute atomic E-state index is 12.8. The molecule has 24 heteroatoms. The van der Waals surface area contributed by atoms with E-state index in [1.807, 2.05) is 25.1 Å². The Labute approximate surface area is 286 Å².